The Hall–Kier alpha value is -3.67. The van der Waals surface area contributed by atoms with Crippen molar-refractivity contribution in [1.82, 2.24) is 5.32 Å². The smallest absolute Gasteiger partial charge is 0.265 e. The van der Waals surface area contributed by atoms with E-state index in [4.69, 9.17) is 4.74 Å². The third-order valence-electron chi connectivity index (χ3n) is 6.46. The van der Waals surface area contributed by atoms with Crippen LogP contribution in [-0.2, 0) is 23.3 Å². The maximum Gasteiger partial charge on any atom is 0.265 e. The molecule has 0 fully saturated rings. The van der Waals surface area contributed by atoms with Crippen molar-refractivity contribution in [2.75, 3.05) is 11.5 Å². The molecule has 0 radical (unpaired) electrons. The summed E-state index contributed by atoms with van der Waals surface area (Å²) in [7, 11) is 0. The highest BCUT2D eigenvalue weighted by Crippen LogP contribution is 2.38. The molecule has 1 heterocycles. The van der Waals surface area contributed by atoms with Gasteiger partial charge in [-0.1, -0.05) is 51.1 Å². The van der Waals surface area contributed by atoms with Crippen LogP contribution in [0.4, 0.5) is 10.1 Å². The van der Waals surface area contributed by atoms with Crippen LogP contribution >= 0.6 is 0 Å². The van der Waals surface area contributed by atoms with Crippen molar-refractivity contribution in [3.63, 3.8) is 0 Å². The minimum atomic E-state index is -0.313. The molecule has 0 saturated heterocycles. The summed E-state index contributed by atoms with van der Waals surface area (Å²) in [5, 5.41) is 2.86. The van der Waals surface area contributed by atoms with Crippen LogP contribution in [0.1, 0.15) is 54.2 Å². The van der Waals surface area contributed by atoms with E-state index in [0.717, 1.165) is 28.8 Å². The molecule has 0 saturated carbocycles. The van der Waals surface area contributed by atoms with Gasteiger partial charge in [-0.3, -0.25) is 9.59 Å². The van der Waals surface area contributed by atoms with Gasteiger partial charge in [-0.15, -0.1) is 0 Å². The predicted molar refractivity (Wildman–Crippen MR) is 130 cm³/mol. The van der Waals surface area contributed by atoms with Gasteiger partial charge in [0.05, 0.1) is 12.2 Å². The molecular weight excluding hydrogens is 431 g/mol. The lowest BCUT2D eigenvalue weighted by Gasteiger charge is -2.32. The van der Waals surface area contributed by atoms with Crippen LogP contribution in [0.3, 0.4) is 0 Å². The molecule has 0 atom stereocenters. The maximum atomic E-state index is 13.1. The number of carbonyl (C=O) groups excluding carboxylic acids is 2. The van der Waals surface area contributed by atoms with Gasteiger partial charge in [0.2, 0.25) is 0 Å². The summed E-state index contributed by atoms with van der Waals surface area (Å²) in [5.74, 6) is 0.0211. The Morgan fingerprint density at radius 2 is 1.82 bits per heavy atom. The number of hydrogen-bond donors (Lipinski definition) is 1. The normalized spacial score (nSPS) is 13.3. The molecule has 0 aromatic heterocycles. The van der Waals surface area contributed by atoms with Crippen LogP contribution in [0.25, 0.3) is 0 Å². The van der Waals surface area contributed by atoms with Crippen molar-refractivity contribution in [2.45, 2.75) is 45.7 Å². The van der Waals surface area contributed by atoms with Crippen molar-refractivity contribution < 1.29 is 18.7 Å². The first-order chi connectivity index (χ1) is 16.3. The van der Waals surface area contributed by atoms with E-state index in [1.165, 1.54) is 12.1 Å². The summed E-state index contributed by atoms with van der Waals surface area (Å²) < 4.78 is 18.8. The molecule has 0 bridgehead atoms. The SMILES string of the molecule is CCC(C)(C)c1ccc2c(c1)N(Cc1cccc(C(=O)NCc3ccc(F)cc3)c1)C(=O)CO2. The van der Waals surface area contributed by atoms with E-state index >= 15 is 0 Å². The van der Waals surface area contributed by atoms with E-state index in [-0.39, 0.29) is 29.7 Å². The highest BCUT2D eigenvalue weighted by Gasteiger charge is 2.28. The van der Waals surface area contributed by atoms with E-state index in [9.17, 15) is 14.0 Å². The van der Waals surface area contributed by atoms with Crippen molar-refractivity contribution in [3.05, 3.63) is 94.8 Å². The van der Waals surface area contributed by atoms with Crippen LogP contribution in [-0.4, -0.2) is 18.4 Å². The predicted octanol–water partition coefficient (Wildman–Crippen LogP) is 5.37. The third kappa shape index (κ3) is 5.11. The number of carbonyl (C=O) groups is 2. The van der Waals surface area contributed by atoms with Crippen molar-refractivity contribution >= 4 is 17.5 Å². The Bertz CT molecular complexity index is 1200. The van der Waals surface area contributed by atoms with Crippen LogP contribution in [0, 0.1) is 5.82 Å². The first kappa shape index (κ1) is 23.5. The molecule has 0 aliphatic carbocycles. The Balaban J connectivity index is 1.52. The van der Waals surface area contributed by atoms with Crippen LogP contribution in [0.5, 0.6) is 5.75 Å². The zero-order valence-corrected chi connectivity index (χ0v) is 19.7. The summed E-state index contributed by atoms with van der Waals surface area (Å²) in [5.41, 5.74) is 4.03. The molecule has 0 spiro atoms. The molecular formula is C28H29FN2O3. The van der Waals surface area contributed by atoms with Crippen molar-refractivity contribution in [3.8, 4) is 5.75 Å². The third-order valence-corrected chi connectivity index (χ3v) is 6.46. The van der Waals surface area contributed by atoms with Crippen LogP contribution in [0.2, 0.25) is 0 Å². The number of rotatable bonds is 7. The zero-order chi connectivity index (χ0) is 24.3. The molecule has 1 aliphatic heterocycles. The van der Waals surface area contributed by atoms with E-state index in [2.05, 4.69) is 32.2 Å². The van der Waals surface area contributed by atoms with Gasteiger partial charge in [0.25, 0.3) is 11.8 Å². The largest absolute Gasteiger partial charge is 0.482 e. The second kappa shape index (κ2) is 9.67. The molecule has 4 rings (SSSR count). The van der Waals surface area contributed by atoms with Gasteiger partial charge in [0.15, 0.2) is 6.61 Å². The lowest BCUT2D eigenvalue weighted by molar-refractivity contribution is -0.121. The van der Waals surface area contributed by atoms with Crippen molar-refractivity contribution in [1.29, 1.82) is 0 Å². The highest BCUT2D eigenvalue weighted by atomic mass is 19.1. The van der Waals surface area contributed by atoms with Gasteiger partial charge in [-0.05, 0) is 64.9 Å². The minimum Gasteiger partial charge on any atom is -0.482 e. The summed E-state index contributed by atoms with van der Waals surface area (Å²) in [6, 6.07) is 19.3. The number of hydrogen-bond acceptors (Lipinski definition) is 3. The Labute approximate surface area is 199 Å². The monoisotopic (exact) mass is 460 g/mol. The maximum absolute atomic E-state index is 13.1. The lowest BCUT2D eigenvalue weighted by atomic mass is 9.82. The number of nitrogens with zero attached hydrogens (tertiary/aromatic N) is 1. The van der Waals surface area contributed by atoms with Gasteiger partial charge in [-0.25, -0.2) is 4.39 Å². The van der Waals surface area contributed by atoms with Crippen LogP contribution in [0.15, 0.2) is 66.7 Å². The lowest BCUT2D eigenvalue weighted by Crippen LogP contribution is -2.38. The van der Waals surface area contributed by atoms with Gasteiger partial charge >= 0.3 is 0 Å². The molecule has 34 heavy (non-hydrogen) atoms. The number of fused-ring (bicyclic) bond motifs is 1. The first-order valence-electron chi connectivity index (χ1n) is 11.5. The van der Waals surface area contributed by atoms with Gasteiger partial charge in [0, 0.05) is 12.1 Å². The summed E-state index contributed by atoms with van der Waals surface area (Å²) >= 11 is 0. The van der Waals surface area contributed by atoms with E-state index in [1.807, 2.05) is 24.3 Å². The van der Waals surface area contributed by atoms with Gasteiger partial charge < -0.3 is 15.0 Å². The summed E-state index contributed by atoms with van der Waals surface area (Å²) in [6.45, 7) is 7.13. The number of halogens is 1. The Kier molecular flexibility index (Phi) is 6.68. The molecule has 2 amide bonds. The number of benzene rings is 3. The summed E-state index contributed by atoms with van der Waals surface area (Å²) in [4.78, 5) is 27.2. The topological polar surface area (TPSA) is 58.6 Å². The summed E-state index contributed by atoms with van der Waals surface area (Å²) in [6.07, 6.45) is 0.968. The second-order valence-corrected chi connectivity index (χ2v) is 9.20. The van der Waals surface area contributed by atoms with Gasteiger partial charge in [0.1, 0.15) is 11.6 Å². The first-order valence-corrected chi connectivity index (χ1v) is 11.5. The van der Waals surface area contributed by atoms with Gasteiger partial charge in [-0.2, -0.15) is 0 Å². The van der Waals surface area contributed by atoms with Crippen molar-refractivity contribution in [2.24, 2.45) is 0 Å². The molecule has 5 nitrogen and oxygen atoms in total. The fraction of sp³-hybridized carbons (Fsp3) is 0.286. The molecule has 6 heteroatoms. The molecule has 0 unspecified atom stereocenters. The molecule has 3 aromatic carbocycles. The number of amides is 2. The standard InChI is InChI=1S/C28H29FN2O3/c1-4-28(2,3)22-10-13-25-24(15-22)31(26(32)18-34-25)17-20-6-5-7-21(14-20)27(33)30-16-19-8-11-23(29)12-9-19/h5-15H,4,16-18H2,1-3H3,(H,30,33). The molecule has 176 valence electrons. The van der Waals surface area contributed by atoms with E-state index < -0.39 is 0 Å². The molecule has 1 N–H and O–H groups in total. The Morgan fingerprint density at radius 1 is 1.06 bits per heavy atom. The number of ether oxygens (including phenoxy) is 1. The fourth-order valence-corrected chi connectivity index (χ4v) is 3.88. The highest BCUT2D eigenvalue weighted by molar-refractivity contribution is 5.98. The quantitative estimate of drug-likeness (QED) is 0.516. The fourth-order valence-electron chi connectivity index (χ4n) is 3.88. The van der Waals surface area contributed by atoms with E-state index in [1.54, 1.807) is 29.2 Å². The molecule has 3 aromatic rings. The molecule has 1 aliphatic rings. The second-order valence-electron chi connectivity index (χ2n) is 9.20. The Morgan fingerprint density at radius 3 is 2.56 bits per heavy atom. The zero-order valence-electron chi connectivity index (χ0n) is 19.7. The average Bonchev–Trinajstić information content (AvgIpc) is 2.85. The minimum absolute atomic E-state index is 0.0125. The number of nitrogens with one attached hydrogen (secondary N) is 1. The number of anilines is 1. The van der Waals surface area contributed by atoms with Crippen LogP contribution < -0.4 is 15.0 Å². The van der Waals surface area contributed by atoms with E-state index in [0.29, 0.717) is 24.4 Å². The average molecular weight is 461 g/mol.